The highest BCUT2D eigenvalue weighted by Crippen LogP contribution is 2.27. The van der Waals surface area contributed by atoms with Gasteiger partial charge in [-0.1, -0.05) is 6.07 Å². The van der Waals surface area contributed by atoms with E-state index in [1.165, 1.54) is 38.2 Å². The number of hydrogen-bond donors (Lipinski definition) is 4. The maximum Gasteiger partial charge on any atom is 0.261 e. The monoisotopic (exact) mass is 399 g/mol. The number of benzene rings is 2. The van der Waals surface area contributed by atoms with Crippen LogP contribution in [-0.2, 0) is 24.8 Å². The maximum absolute atomic E-state index is 12.5. The molecule has 0 aromatic heterocycles. The third kappa shape index (κ3) is 4.50. The van der Waals surface area contributed by atoms with Crippen molar-refractivity contribution >= 4 is 37.3 Å². The summed E-state index contributed by atoms with van der Waals surface area (Å²) >= 11 is 0. The van der Waals surface area contributed by atoms with Gasteiger partial charge < -0.3 is 10.4 Å². The fourth-order valence-electron chi connectivity index (χ4n) is 2.03. The van der Waals surface area contributed by atoms with Gasteiger partial charge in [0.2, 0.25) is 15.9 Å². The van der Waals surface area contributed by atoms with Crippen molar-refractivity contribution < 1.29 is 26.7 Å². The highest BCUT2D eigenvalue weighted by molar-refractivity contribution is 7.92. The van der Waals surface area contributed by atoms with Crippen molar-refractivity contribution in [1.82, 2.24) is 4.72 Å². The summed E-state index contributed by atoms with van der Waals surface area (Å²) in [5.41, 5.74) is -0.0256. The lowest BCUT2D eigenvalue weighted by Gasteiger charge is -2.12. The molecule has 2 aromatic rings. The minimum atomic E-state index is -4.09. The first-order chi connectivity index (χ1) is 12.0. The largest absolute Gasteiger partial charge is 0.506 e. The molecule has 26 heavy (non-hydrogen) atoms. The number of hydrogen-bond acceptors (Lipinski definition) is 6. The maximum atomic E-state index is 12.5. The summed E-state index contributed by atoms with van der Waals surface area (Å²) in [6, 6.07) is 8.63. The lowest BCUT2D eigenvalue weighted by molar-refractivity contribution is -0.114. The van der Waals surface area contributed by atoms with Gasteiger partial charge >= 0.3 is 0 Å². The standard InChI is InChI=1S/C15H17N3O6S2/c1-10(19)17-14-9-13(6-7-15(14)20)26(23,24)18-11-4-3-5-12(8-11)25(21,22)16-2/h3-9,16,18,20H,1-2H3,(H,17,19). The van der Waals surface area contributed by atoms with Crippen molar-refractivity contribution in [1.29, 1.82) is 0 Å². The molecule has 0 heterocycles. The Labute approximate surface area is 151 Å². The van der Waals surface area contributed by atoms with Crippen molar-refractivity contribution in [3.63, 3.8) is 0 Å². The molecule has 0 unspecified atom stereocenters. The predicted molar refractivity (Wildman–Crippen MR) is 95.9 cm³/mol. The number of anilines is 2. The summed E-state index contributed by atoms with van der Waals surface area (Å²) in [7, 11) is -6.57. The van der Waals surface area contributed by atoms with Crippen molar-refractivity contribution in [2.75, 3.05) is 17.1 Å². The van der Waals surface area contributed by atoms with E-state index >= 15 is 0 Å². The van der Waals surface area contributed by atoms with E-state index in [9.17, 15) is 26.7 Å². The minimum Gasteiger partial charge on any atom is -0.506 e. The molecule has 2 rings (SSSR count). The second-order valence-corrected chi connectivity index (χ2v) is 8.77. The Kier molecular flexibility index (Phi) is 5.54. The van der Waals surface area contributed by atoms with Crippen molar-refractivity contribution in [2.45, 2.75) is 16.7 Å². The zero-order valence-electron chi connectivity index (χ0n) is 13.8. The van der Waals surface area contributed by atoms with Crippen LogP contribution in [0.25, 0.3) is 0 Å². The van der Waals surface area contributed by atoms with Crippen molar-refractivity contribution in [2.24, 2.45) is 0 Å². The van der Waals surface area contributed by atoms with Gasteiger partial charge in [0.1, 0.15) is 5.75 Å². The molecule has 0 aliphatic carbocycles. The first-order valence-corrected chi connectivity index (χ1v) is 10.2. The molecule has 0 fully saturated rings. The van der Waals surface area contributed by atoms with Crippen LogP contribution >= 0.6 is 0 Å². The Morgan fingerprint density at radius 3 is 2.23 bits per heavy atom. The second kappa shape index (κ2) is 7.32. The molecule has 9 nitrogen and oxygen atoms in total. The van der Waals surface area contributed by atoms with Gasteiger partial charge in [0.05, 0.1) is 21.2 Å². The number of phenols is 1. The van der Waals surface area contributed by atoms with Gasteiger partial charge in [-0.3, -0.25) is 9.52 Å². The smallest absolute Gasteiger partial charge is 0.261 e. The molecule has 140 valence electrons. The van der Waals surface area contributed by atoms with E-state index in [0.717, 1.165) is 18.2 Å². The number of carbonyl (C=O) groups is 1. The minimum absolute atomic E-state index is 0.0375. The molecule has 4 N–H and O–H groups in total. The van der Waals surface area contributed by atoms with Crippen LogP contribution in [0.4, 0.5) is 11.4 Å². The number of carbonyl (C=O) groups excluding carboxylic acids is 1. The fraction of sp³-hybridized carbons (Fsp3) is 0.133. The van der Waals surface area contributed by atoms with Crippen molar-refractivity contribution in [3.8, 4) is 5.75 Å². The van der Waals surface area contributed by atoms with Crippen LogP contribution in [0.5, 0.6) is 5.75 Å². The molecule has 0 saturated heterocycles. The van der Waals surface area contributed by atoms with Crippen molar-refractivity contribution in [3.05, 3.63) is 42.5 Å². The number of aromatic hydroxyl groups is 1. The van der Waals surface area contributed by atoms with Gasteiger partial charge in [0.25, 0.3) is 10.0 Å². The summed E-state index contributed by atoms with van der Waals surface area (Å²) in [4.78, 5) is 10.8. The van der Waals surface area contributed by atoms with Crippen LogP contribution in [0.3, 0.4) is 0 Å². The van der Waals surface area contributed by atoms with E-state index < -0.39 is 26.0 Å². The lowest BCUT2D eigenvalue weighted by atomic mass is 10.3. The van der Waals surface area contributed by atoms with Gasteiger partial charge in [0.15, 0.2) is 0 Å². The lowest BCUT2D eigenvalue weighted by Crippen LogP contribution is -2.19. The normalized spacial score (nSPS) is 11.8. The fourth-order valence-corrected chi connectivity index (χ4v) is 3.88. The molecule has 0 saturated carbocycles. The van der Waals surface area contributed by atoms with Gasteiger partial charge in [0, 0.05) is 6.92 Å². The third-order valence-corrected chi connectivity index (χ3v) is 6.05. The number of phenolic OH excluding ortho intramolecular Hbond substituents is 1. The van der Waals surface area contributed by atoms with Crippen LogP contribution < -0.4 is 14.8 Å². The number of rotatable bonds is 6. The molecule has 1 amide bonds. The summed E-state index contributed by atoms with van der Waals surface area (Å²) < 4.78 is 53.1. The topological polar surface area (TPSA) is 142 Å². The van der Waals surface area contributed by atoms with Crippen LogP contribution in [0, 0.1) is 0 Å². The Balaban J connectivity index is 2.38. The first kappa shape index (κ1) is 19.7. The predicted octanol–water partition coefficient (Wildman–Crippen LogP) is 1.06. The highest BCUT2D eigenvalue weighted by atomic mass is 32.2. The summed E-state index contributed by atoms with van der Waals surface area (Å²) in [5.74, 6) is -0.769. The first-order valence-electron chi connectivity index (χ1n) is 7.22. The Bertz CT molecular complexity index is 1050. The molecule has 0 aliphatic rings. The second-order valence-electron chi connectivity index (χ2n) is 5.20. The van der Waals surface area contributed by atoms with E-state index in [2.05, 4.69) is 14.8 Å². The van der Waals surface area contributed by atoms with Crippen LogP contribution in [-0.4, -0.2) is 34.9 Å². The molecular weight excluding hydrogens is 382 g/mol. The molecule has 0 atom stereocenters. The van der Waals surface area contributed by atoms with Gasteiger partial charge in [-0.05, 0) is 43.4 Å². The van der Waals surface area contributed by atoms with Crippen LogP contribution in [0.15, 0.2) is 52.3 Å². The summed E-state index contributed by atoms with van der Waals surface area (Å²) in [6.45, 7) is 1.21. The van der Waals surface area contributed by atoms with Crippen LogP contribution in [0.2, 0.25) is 0 Å². The van der Waals surface area contributed by atoms with E-state index in [-0.39, 0.29) is 26.9 Å². The number of sulfonamides is 2. The Morgan fingerprint density at radius 2 is 1.62 bits per heavy atom. The Morgan fingerprint density at radius 1 is 0.962 bits per heavy atom. The van der Waals surface area contributed by atoms with E-state index in [4.69, 9.17) is 0 Å². The van der Waals surface area contributed by atoms with E-state index in [1.807, 2.05) is 0 Å². The van der Waals surface area contributed by atoms with Gasteiger partial charge in [-0.25, -0.2) is 21.6 Å². The molecule has 11 heteroatoms. The molecule has 0 spiro atoms. The molecule has 0 aliphatic heterocycles. The number of nitrogens with one attached hydrogen (secondary N) is 3. The average molecular weight is 399 g/mol. The van der Waals surface area contributed by atoms with Gasteiger partial charge in [-0.15, -0.1) is 0 Å². The van der Waals surface area contributed by atoms with E-state index in [0.29, 0.717) is 0 Å². The molecular formula is C15H17N3O6S2. The third-order valence-electron chi connectivity index (χ3n) is 3.25. The average Bonchev–Trinajstić information content (AvgIpc) is 2.56. The van der Waals surface area contributed by atoms with Gasteiger partial charge in [-0.2, -0.15) is 0 Å². The molecule has 2 aromatic carbocycles. The SMILES string of the molecule is CNS(=O)(=O)c1cccc(NS(=O)(=O)c2ccc(O)c(NC(C)=O)c2)c1. The zero-order valence-corrected chi connectivity index (χ0v) is 15.5. The number of amides is 1. The summed E-state index contributed by atoms with van der Waals surface area (Å²) in [6.07, 6.45) is 0. The zero-order chi connectivity index (χ0) is 19.5. The van der Waals surface area contributed by atoms with E-state index in [1.54, 1.807) is 0 Å². The van der Waals surface area contributed by atoms with Crippen LogP contribution in [0.1, 0.15) is 6.92 Å². The quantitative estimate of drug-likeness (QED) is 0.535. The molecule has 0 bridgehead atoms. The summed E-state index contributed by atoms with van der Waals surface area (Å²) in [5, 5.41) is 12.0. The molecule has 0 radical (unpaired) electrons. The highest BCUT2D eigenvalue weighted by Gasteiger charge is 2.18. The Hall–Kier alpha value is -2.63.